The maximum Gasteiger partial charge on any atom is 0.256 e. The molecule has 0 atom stereocenters. The van der Waals surface area contributed by atoms with E-state index in [2.05, 4.69) is 10.3 Å². The van der Waals surface area contributed by atoms with Gasteiger partial charge in [-0.2, -0.15) is 0 Å². The fourth-order valence-electron chi connectivity index (χ4n) is 2.06. The molecule has 0 saturated heterocycles. The van der Waals surface area contributed by atoms with Gasteiger partial charge in [0.1, 0.15) is 6.29 Å². The zero-order valence-corrected chi connectivity index (χ0v) is 9.96. The van der Waals surface area contributed by atoms with Gasteiger partial charge in [0.05, 0.1) is 0 Å². The molecule has 1 aromatic heterocycles. The van der Waals surface area contributed by atoms with Crippen molar-refractivity contribution in [3.05, 3.63) is 59.4 Å². The molecule has 0 saturated carbocycles. The van der Waals surface area contributed by atoms with E-state index in [1.54, 1.807) is 30.6 Å². The summed E-state index contributed by atoms with van der Waals surface area (Å²) in [6, 6.07) is 8.82. The minimum atomic E-state index is -0.158. The lowest BCUT2D eigenvalue weighted by molar-refractivity contribution is -0.110. The predicted octanol–water partition coefficient (Wildman–Crippen LogP) is 2.39. The lowest BCUT2D eigenvalue weighted by Crippen LogP contribution is -2.03. The predicted molar refractivity (Wildman–Crippen MR) is 72.6 cm³/mol. The quantitative estimate of drug-likeness (QED) is 0.657. The third-order valence-electron chi connectivity index (χ3n) is 2.98. The van der Waals surface area contributed by atoms with E-state index in [1.165, 1.54) is 0 Å². The molecule has 0 fully saturated rings. The van der Waals surface area contributed by atoms with E-state index in [-0.39, 0.29) is 5.91 Å². The number of amides is 1. The molecule has 92 valence electrons. The first-order chi connectivity index (χ1) is 9.28. The second-order valence-corrected chi connectivity index (χ2v) is 4.22. The highest BCUT2D eigenvalue weighted by molar-refractivity contribution is 6.35. The molecule has 2 aromatic rings. The van der Waals surface area contributed by atoms with Crippen LogP contribution in [-0.2, 0) is 4.79 Å². The van der Waals surface area contributed by atoms with Crippen LogP contribution in [-0.4, -0.2) is 17.2 Å². The number of aldehydes is 1. The second kappa shape index (κ2) is 4.49. The lowest BCUT2D eigenvalue weighted by atomic mass is 10.0. The monoisotopic (exact) mass is 250 g/mol. The number of nitrogens with zero attached hydrogens (tertiary/aromatic N) is 1. The Labute approximate surface area is 109 Å². The molecule has 0 unspecified atom stereocenters. The van der Waals surface area contributed by atoms with Crippen LogP contribution in [0.25, 0.3) is 11.6 Å². The number of carbonyl (C=O) groups excluding carboxylic acids is 2. The lowest BCUT2D eigenvalue weighted by Gasteiger charge is -1.99. The number of carbonyl (C=O) groups is 2. The van der Waals surface area contributed by atoms with E-state index in [4.69, 9.17) is 0 Å². The van der Waals surface area contributed by atoms with Crippen LogP contribution >= 0.6 is 0 Å². The molecular weight excluding hydrogens is 240 g/mol. The van der Waals surface area contributed by atoms with Crippen molar-refractivity contribution in [2.45, 2.75) is 0 Å². The minimum Gasteiger partial charge on any atom is -0.321 e. The van der Waals surface area contributed by atoms with E-state index in [0.717, 1.165) is 17.4 Å². The van der Waals surface area contributed by atoms with Crippen LogP contribution in [0.1, 0.15) is 21.5 Å². The van der Waals surface area contributed by atoms with E-state index in [1.807, 2.05) is 18.2 Å². The number of hydrogen-bond donors (Lipinski definition) is 1. The topological polar surface area (TPSA) is 59.1 Å². The molecule has 2 heterocycles. The van der Waals surface area contributed by atoms with Crippen molar-refractivity contribution in [2.75, 3.05) is 5.32 Å². The van der Waals surface area contributed by atoms with Crippen LogP contribution in [0.15, 0.2) is 42.7 Å². The fraction of sp³-hybridized carbons (Fsp3) is 0. The summed E-state index contributed by atoms with van der Waals surface area (Å²) in [4.78, 5) is 26.6. The number of nitrogens with one attached hydrogen (secondary N) is 1. The zero-order valence-electron chi connectivity index (χ0n) is 9.96. The summed E-state index contributed by atoms with van der Waals surface area (Å²) >= 11 is 0. The van der Waals surface area contributed by atoms with Gasteiger partial charge >= 0.3 is 0 Å². The summed E-state index contributed by atoms with van der Waals surface area (Å²) in [5, 5.41) is 2.76. The summed E-state index contributed by atoms with van der Waals surface area (Å²) < 4.78 is 0. The smallest absolute Gasteiger partial charge is 0.256 e. The third kappa shape index (κ3) is 2.04. The molecule has 0 bridgehead atoms. The average molecular weight is 250 g/mol. The number of aromatic nitrogens is 1. The highest BCUT2D eigenvalue weighted by atomic mass is 16.2. The van der Waals surface area contributed by atoms with Gasteiger partial charge in [-0.1, -0.05) is 12.1 Å². The van der Waals surface area contributed by atoms with Crippen molar-refractivity contribution in [3.8, 4) is 0 Å². The van der Waals surface area contributed by atoms with Gasteiger partial charge in [0, 0.05) is 34.8 Å². The van der Waals surface area contributed by atoms with Gasteiger partial charge in [-0.15, -0.1) is 0 Å². The highest BCUT2D eigenvalue weighted by Crippen LogP contribution is 2.33. The second-order valence-electron chi connectivity index (χ2n) is 4.22. The fourth-order valence-corrected chi connectivity index (χ4v) is 2.06. The maximum atomic E-state index is 12.0. The maximum absolute atomic E-state index is 12.0. The summed E-state index contributed by atoms with van der Waals surface area (Å²) in [6.07, 6.45) is 5.92. The van der Waals surface area contributed by atoms with E-state index in [0.29, 0.717) is 16.8 Å². The Morgan fingerprint density at radius 2 is 1.84 bits per heavy atom. The van der Waals surface area contributed by atoms with Crippen molar-refractivity contribution in [1.29, 1.82) is 0 Å². The molecular formula is C15H10N2O2. The van der Waals surface area contributed by atoms with Gasteiger partial charge in [0.15, 0.2) is 0 Å². The van der Waals surface area contributed by atoms with Crippen molar-refractivity contribution >= 4 is 29.5 Å². The Morgan fingerprint density at radius 1 is 1.05 bits per heavy atom. The number of pyridine rings is 1. The van der Waals surface area contributed by atoms with Gasteiger partial charge < -0.3 is 5.32 Å². The Morgan fingerprint density at radius 3 is 2.58 bits per heavy atom. The average Bonchev–Trinajstić information content (AvgIpc) is 2.75. The number of hydrogen-bond acceptors (Lipinski definition) is 3. The SMILES string of the molecule is O=Cc1ccc2c(c1)NC(=O)C2=Cc1ccncc1. The van der Waals surface area contributed by atoms with Crippen molar-refractivity contribution in [1.82, 2.24) is 4.98 Å². The molecule has 3 rings (SSSR count). The van der Waals surface area contributed by atoms with E-state index in [9.17, 15) is 9.59 Å². The molecule has 1 amide bonds. The van der Waals surface area contributed by atoms with Gasteiger partial charge in [-0.05, 0) is 29.8 Å². The van der Waals surface area contributed by atoms with Crippen LogP contribution in [0.5, 0.6) is 0 Å². The van der Waals surface area contributed by atoms with Crippen LogP contribution in [0.2, 0.25) is 0 Å². The molecule has 1 N–H and O–H groups in total. The molecule has 0 aliphatic carbocycles. The molecule has 0 spiro atoms. The minimum absolute atomic E-state index is 0.158. The van der Waals surface area contributed by atoms with E-state index >= 15 is 0 Å². The third-order valence-corrected chi connectivity index (χ3v) is 2.98. The Hall–Kier alpha value is -2.75. The first kappa shape index (κ1) is 11.3. The summed E-state index contributed by atoms with van der Waals surface area (Å²) in [6.45, 7) is 0. The van der Waals surface area contributed by atoms with Crippen molar-refractivity contribution < 1.29 is 9.59 Å². The van der Waals surface area contributed by atoms with Crippen molar-refractivity contribution in [2.24, 2.45) is 0 Å². The standard InChI is InChI=1S/C15H10N2O2/c18-9-11-1-2-12-13(15(19)17-14(12)8-11)7-10-3-5-16-6-4-10/h1-9H,(H,17,19). The highest BCUT2D eigenvalue weighted by Gasteiger charge is 2.23. The number of benzene rings is 1. The largest absolute Gasteiger partial charge is 0.321 e. The molecule has 1 aliphatic rings. The normalized spacial score (nSPS) is 15.2. The number of fused-ring (bicyclic) bond motifs is 1. The molecule has 1 aliphatic heterocycles. The molecule has 4 nitrogen and oxygen atoms in total. The number of rotatable bonds is 2. The first-order valence-electron chi connectivity index (χ1n) is 5.80. The zero-order chi connectivity index (χ0) is 13.2. The molecule has 4 heteroatoms. The van der Waals surface area contributed by atoms with Crippen LogP contribution in [0, 0.1) is 0 Å². The van der Waals surface area contributed by atoms with Crippen molar-refractivity contribution in [3.63, 3.8) is 0 Å². The van der Waals surface area contributed by atoms with Gasteiger partial charge in [-0.25, -0.2) is 0 Å². The number of anilines is 1. The Kier molecular flexibility index (Phi) is 2.68. The van der Waals surface area contributed by atoms with Crippen LogP contribution < -0.4 is 5.32 Å². The summed E-state index contributed by atoms with van der Waals surface area (Å²) in [5.74, 6) is -0.158. The van der Waals surface area contributed by atoms with Crippen LogP contribution in [0.3, 0.4) is 0 Å². The molecule has 19 heavy (non-hydrogen) atoms. The summed E-state index contributed by atoms with van der Waals surface area (Å²) in [5.41, 5.74) is 3.54. The van der Waals surface area contributed by atoms with Gasteiger partial charge in [-0.3, -0.25) is 14.6 Å². The Balaban J connectivity index is 2.08. The van der Waals surface area contributed by atoms with E-state index < -0.39 is 0 Å². The molecule has 0 radical (unpaired) electrons. The van der Waals surface area contributed by atoms with Gasteiger partial charge in [0.25, 0.3) is 5.91 Å². The Bertz CT molecular complexity index is 691. The summed E-state index contributed by atoms with van der Waals surface area (Å²) in [7, 11) is 0. The first-order valence-corrected chi connectivity index (χ1v) is 5.80. The molecule has 1 aromatic carbocycles. The van der Waals surface area contributed by atoms with Gasteiger partial charge in [0.2, 0.25) is 0 Å². The van der Waals surface area contributed by atoms with Crippen LogP contribution in [0.4, 0.5) is 5.69 Å².